The van der Waals surface area contributed by atoms with Gasteiger partial charge in [0.25, 0.3) is 0 Å². The van der Waals surface area contributed by atoms with Crippen molar-refractivity contribution in [1.82, 2.24) is 4.90 Å². The van der Waals surface area contributed by atoms with Gasteiger partial charge in [0, 0.05) is 6.54 Å². The Kier molecular flexibility index (Phi) is 4.39. The lowest BCUT2D eigenvalue weighted by Gasteiger charge is -2.37. The minimum absolute atomic E-state index is 0.190. The van der Waals surface area contributed by atoms with Crippen molar-refractivity contribution in [2.45, 2.75) is 45.3 Å². The lowest BCUT2D eigenvalue weighted by atomic mass is 9.89. The van der Waals surface area contributed by atoms with Gasteiger partial charge in [0.1, 0.15) is 11.6 Å². The van der Waals surface area contributed by atoms with Crippen molar-refractivity contribution < 1.29 is 29.3 Å². The van der Waals surface area contributed by atoms with Crippen LogP contribution in [0.25, 0.3) is 0 Å². The maximum absolute atomic E-state index is 11.9. The SMILES string of the molecule is CC(C)(C)OC(=O)N1CCC[C@H](C(=O)O)[C@@H]1C(=O)O. The van der Waals surface area contributed by atoms with Gasteiger partial charge in [-0.3, -0.25) is 9.69 Å². The Bertz CT molecular complexity index is 386. The number of likely N-dealkylation sites (tertiary alicyclic amines) is 1. The first kappa shape index (κ1) is 15.3. The molecule has 1 aliphatic rings. The van der Waals surface area contributed by atoms with Crippen LogP contribution in [0.1, 0.15) is 33.6 Å². The van der Waals surface area contributed by atoms with Crippen LogP contribution in [0.2, 0.25) is 0 Å². The molecule has 108 valence electrons. The van der Waals surface area contributed by atoms with E-state index in [1.165, 1.54) is 0 Å². The van der Waals surface area contributed by atoms with E-state index in [0.29, 0.717) is 6.42 Å². The second-order valence-electron chi connectivity index (χ2n) is 5.54. The van der Waals surface area contributed by atoms with Gasteiger partial charge in [-0.2, -0.15) is 0 Å². The molecule has 7 nitrogen and oxygen atoms in total. The maximum atomic E-state index is 11.9. The highest BCUT2D eigenvalue weighted by Crippen LogP contribution is 2.26. The molecule has 0 unspecified atom stereocenters. The average molecular weight is 273 g/mol. The van der Waals surface area contributed by atoms with Gasteiger partial charge in [0.2, 0.25) is 0 Å². The molecule has 1 aliphatic heterocycles. The molecule has 0 aromatic carbocycles. The molecule has 0 aromatic rings. The molecule has 1 saturated heterocycles. The van der Waals surface area contributed by atoms with E-state index >= 15 is 0 Å². The molecule has 0 saturated carbocycles. The first-order valence-corrected chi connectivity index (χ1v) is 6.08. The fourth-order valence-corrected chi connectivity index (χ4v) is 2.09. The highest BCUT2D eigenvalue weighted by Gasteiger charge is 2.44. The van der Waals surface area contributed by atoms with Crippen LogP contribution in [0.3, 0.4) is 0 Å². The molecule has 0 radical (unpaired) electrons. The zero-order chi connectivity index (χ0) is 14.8. The smallest absolute Gasteiger partial charge is 0.411 e. The molecule has 0 aliphatic carbocycles. The van der Waals surface area contributed by atoms with Crippen LogP contribution in [-0.4, -0.2) is 51.3 Å². The summed E-state index contributed by atoms with van der Waals surface area (Å²) in [5.74, 6) is -3.63. The standard InChI is InChI=1S/C12H19NO6/c1-12(2,3)19-11(18)13-6-4-5-7(9(14)15)8(13)10(16)17/h7-8H,4-6H2,1-3H3,(H,14,15)(H,16,17)/t7-,8+/m0/s1. The molecule has 2 N–H and O–H groups in total. The van der Waals surface area contributed by atoms with Crippen molar-refractivity contribution in [3.8, 4) is 0 Å². The normalized spacial score (nSPS) is 23.8. The van der Waals surface area contributed by atoms with Crippen LogP contribution < -0.4 is 0 Å². The number of carboxylic acids is 2. The van der Waals surface area contributed by atoms with Crippen molar-refractivity contribution in [1.29, 1.82) is 0 Å². The lowest BCUT2D eigenvalue weighted by molar-refractivity contribution is -0.157. The van der Waals surface area contributed by atoms with Crippen molar-refractivity contribution in [3.05, 3.63) is 0 Å². The number of carbonyl (C=O) groups excluding carboxylic acids is 1. The number of hydrogen-bond acceptors (Lipinski definition) is 4. The van der Waals surface area contributed by atoms with E-state index in [9.17, 15) is 14.4 Å². The van der Waals surface area contributed by atoms with E-state index in [0.717, 1.165) is 4.90 Å². The molecule has 0 spiro atoms. The van der Waals surface area contributed by atoms with Crippen LogP contribution in [0.15, 0.2) is 0 Å². The Morgan fingerprint density at radius 2 is 1.74 bits per heavy atom. The summed E-state index contributed by atoms with van der Waals surface area (Å²) in [6.45, 7) is 5.19. The molecule has 2 atom stereocenters. The fraction of sp³-hybridized carbons (Fsp3) is 0.750. The summed E-state index contributed by atoms with van der Waals surface area (Å²) in [6.07, 6.45) is -0.100. The number of hydrogen-bond donors (Lipinski definition) is 2. The summed E-state index contributed by atoms with van der Waals surface area (Å²) in [6, 6.07) is -1.37. The molecule has 1 fully saturated rings. The first-order chi connectivity index (χ1) is 8.63. The van der Waals surface area contributed by atoms with E-state index in [4.69, 9.17) is 14.9 Å². The van der Waals surface area contributed by atoms with Crippen LogP contribution in [0.4, 0.5) is 4.79 Å². The van der Waals surface area contributed by atoms with Gasteiger partial charge in [-0.05, 0) is 33.6 Å². The van der Waals surface area contributed by atoms with E-state index in [2.05, 4.69) is 0 Å². The van der Waals surface area contributed by atoms with Crippen molar-refractivity contribution >= 4 is 18.0 Å². The minimum atomic E-state index is -1.37. The third-order valence-electron chi connectivity index (χ3n) is 2.83. The Labute approximate surface area is 111 Å². The van der Waals surface area contributed by atoms with Gasteiger partial charge in [0.15, 0.2) is 0 Å². The quantitative estimate of drug-likeness (QED) is 0.782. The fourth-order valence-electron chi connectivity index (χ4n) is 2.09. The molecule has 0 bridgehead atoms. The average Bonchev–Trinajstić information content (AvgIpc) is 2.25. The first-order valence-electron chi connectivity index (χ1n) is 6.08. The Hall–Kier alpha value is -1.79. The van der Waals surface area contributed by atoms with Crippen molar-refractivity contribution in [2.75, 3.05) is 6.54 Å². The topological polar surface area (TPSA) is 104 Å². The second-order valence-corrected chi connectivity index (χ2v) is 5.54. The van der Waals surface area contributed by atoms with E-state index in [1.54, 1.807) is 20.8 Å². The number of nitrogens with zero attached hydrogens (tertiary/aromatic N) is 1. The number of ether oxygens (including phenoxy) is 1. The highest BCUT2D eigenvalue weighted by atomic mass is 16.6. The summed E-state index contributed by atoms with van der Waals surface area (Å²) in [5, 5.41) is 18.2. The largest absolute Gasteiger partial charge is 0.481 e. The van der Waals surface area contributed by atoms with Crippen LogP contribution in [-0.2, 0) is 14.3 Å². The molecule has 7 heteroatoms. The molecular formula is C12H19NO6. The van der Waals surface area contributed by atoms with Gasteiger partial charge in [-0.25, -0.2) is 9.59 Å². The minimum Gasteiger partial charge on any atom is -0.481 e. The summed E-state index contributed by atoms with van der Waals surface area (Å²) >= 11 is 0. The van der Waals surface area contributed by atoms with E-state index in [1.807, 2.05) is 0 Å². The molecule has 1 rings (SSSR count). The highest BCUT2D eigenvalue weighted by molar-refractivity contribution is 5.86. The zero-order valence-corrected chi connectivity index (χ0v) is 11.3. The van der Waals surface area contributed by atoms with Crippen molar-refractivity contribution in [2.24, 2.45) is 5.92 Å². The predicted molar refractivity (Wildman–Crippen MR) is 64.7 cm³/mol. The van der Waals surface area contributed by atoms with Crippen molar-refractivity contribution in [3.63, 3.8) is 0 Å². The zero-order valence-electron chi connectivity index (χ0n) is 11.3. The van der Waals surface area contributed by atoms with Crippen LogP contribution in [0, 0.1) is 5.92 Å². The second kappa shape index (κ2) is 5.46. The number of carboxylic acid groups (broad SMARTS) is 2. The molecule has 0 aromatic heterocycles. The number of carbonyl (C=O) groups is 3. The molecule has 1 amide bonds. The monoisotopic (exact) mass is 273 g/mol. The number of aliphatic carboxylic acids is 2. The summed E-state index contributed by atoms with van der Waals surface area (Å²) < 4.78 is 5.12. The van der Waals surface area contributed by atoms with E-state index < -0.39 is 35.6 Å². The Morgan fingerprint density at radius 1 is 1.16 bits per heavy atom. The number of amides is 1. The number of piperidine rings is 1. The molecular weight excluding hydrogens is 254 g/mol. The van der Waals surface area contributed by atoms with Crippen LogP contribution in [0.5, 0.6) is 0 Å². The summed E-state index contributed by atoms with van der Waals surface area (Å²) in [7, 11) is 0. The molecule has 19 heavy (non-hydrogen) atoms. The Balaban J connectivity index is 2.93. The van der Waals surface area contributed by atoms with Gasteiger partial charge in [-0.1, -0.05) is 0 Å². The molecule has 1 heterocycles. The predicted octanol–water partition coefficient (Wildman–Crippen LogP) is 1.17. The number of rotatable bonds is 2. The lowest BCUT2D eigenvalue weighted by Crippen LogP contribution is -2.55. The maximum Gasteiger partial charge on any atom is 0.411 e. The van der Waals surface area contributed by atoms with Gasteiger partial charge >= 0.3 is 18.0 Å². The summed E-state index contributed by atoms with van der Waals surface area (Å²) in [4.78, 5) is 35.3. The van der Waals surface area contributed by atoms with Gasteiger partial charge in [0.05, 0.1) is 5.92 Å². The Morgan fingerprint density at radius 3 is 2.16 bits per heavy atom. The third kappa shape index (κ3) is 3.84. The summed E-state index contributed by atoms with van der Waals surface area (Å²) in [5.41, 5.74) is -0.754. The van der Waals surface area contributed by atoms with E-state index in [-0.39, 0.29) is 13.0 Å². The van der Waals surface area contributed by atoms with Gasteiger partial charge < -0.3 is 14.9 Å². The third-order valence-corrected chi connectivity index (χ3v) is 2.83. The van der Waals surface area contributed by atoms with Gasteiger partial charge in [-0.15, -0.1) is 0 Å². The van der Waals surface area contributed by atoms with Crippen LogP contribution >= 0.6 is 0 Å².